The molecule has 0 radical (unpaired) electrons. The number of benzene rings is 2. The first-order chi connectivity index (χ1) is 13.9. The highest BCUT2D eigenvalue weighted by Crippen LogP contribution is 2.35. The lowest BCUT2D eigenvalue weighted by molar-refractivity contribution is 0.241. The number of hydrogen-bond acceptors (Lipinski definition) is 6. The average Bonchev–Trinajstić information content (AvgIpc) is 2.73. The highest BCUT2D eigenvalue weighted by Gasteiger charge is 2.22. The summed E-state index contributed by atoms with van der Waals surface area (Å²) in [6.45, 7) is 5.69. The van der Waals surface area contributed by atoms with Crippen LogP contribution in [-0.2, 0) is 19.5 Å². The molecular formula is C23H25NO5. The molecule has 3 aromatic rings. The van der Waals surface area contributed by atoms with Crippen molar-refractivity contribution in [1.29, 1.82) is 0 Å². The summed E-state index contributed by atoms with van der Waals surface area (Å²) in [5, 5.41) is 11.4. The Morgan fingerprint density at radius 1 is 1.07 bits per heavy atom. The van der Waals surface area contributed by atoms with Crippen LogP contribution in [0.1, 0.15) is 27.8 Å². The molecule has 0 fully saturated rings. The van der Waals surface area contributed by atoms with Crippen LogP contribution in [0.25, 0.3) is 11.0 Å². The normalized spacial score (nSPS) is 14.1. The third-order valence-electron chi connectivity index (χ3n) is 5.88. The Labute approximate surface area is 169 Å². The van der Waals surface area contributed by atoms with Gasteiger partial charge in [-0.1, -0.05) is 0 Å². The van der Waals surface area contributed by atoms with Crippen LogP contribution in [0, 0.1) is 13.8 Å². The Balaban J connectivity index is 1.70. The monoisotopic (exact) mass is 395 g/mol. The zero-order valence-corrected chi connectivity index (χ0v) is 17.2. The molecule has 1 N–H and O–H groups in total. The fourth-order valence-electron chi connectivity index (χ4n) is 4.01. The van der Waals surface area contributed by atoms with Gasteiger partial charge in [-0.05, 0) is 61.2 Å². The van der Waals surface area contributed by atoms with Crippen LogP contribution < -0.4 is 15.1 Å². The standard InChI is InChI=1S/C23H25NO5/c1-13-14(2)23(26)29-22-17(13)5-6-19(25)18(22)12-24-8-7-15-9-20(27-3)21(28-4)10-16(15)11-24/h5-6,9-10,25H,7-8,11-12H2,1-4H3. The fourth-order valence-corrected chi connectivity index (χ4v) is 4.01. The number of ether oxygens (including phenoxy) is 2. The largest absolute Gasteiger partial charge is 0.507 e. The van der Waals surface area contributed by atoms with Gasteiger partial charge in [0.05, 0.1) is 19.8 Å². The zero-order valence-electron chi connectivity index (χ0n) is 17.2. The first-order valence-electron chi connectivity index (χ1n) is 9.64. The minimum Gasteiger partial charge on any atom is -0.507 e. The fraction of sp³-hybridized carbons (Fsp3) is 0.348. The number of hydrogen-bond donors (Lipinski definition) is 1. The second-order valence-corrected chi connectivity index (χ2v) is 7.52. The summed E-state index contributed by atoms with van der Waals surface area (Å²) in [4.78, 5) is 14.5. The molecule has 1 aliphatic rings. The molecule has 6 heteroatoms. The van der Waals surface area contributed by atoms with E-state index < -0.39 is 0 Å². The number of phenols is 1. The van der Waals surface area contributed by atoms with Gasteiger partial charge in [-0.2, -0.15) is 0 Å². The summed E-state index contributed by atoms with van der Waals surface area (Å²) in [5.74, 6) is 1.58. The quantitative estimate of drug-likeness (QED) is 0.680. The van der Waals surface area contributed by atoms with Gasteiger partial charge in [0.2, 0.25) is 0 Å². The zero-order chi connectivity index (χ0) is 20.7. The Hall–Kier alpha value is -2.99. The van der Waals surface area contributed by atoms with Crippen LogP contribution in [0.4, 0.5) is 0 Å². The molecule has 0 atom stereocenters. The summed E-state index contributed by atoms with van der Waals surface area (Å²) < 4.78 is 16.4. The van der Waals surface area contributed by atoms with Gasteiger partial charge < -0.3 is 19.0 Å². The molecule has 6 nitrogen and oxygen atoms in total. The molecule has 0 bridgehead atoms. The van der Waals surface area contributed by atoms with E-state index in [1.54, 1.807) is 27.2 Å². The van der Waals surface area contributed by atoms with Gasteiger partial charge in [0.15, 0.2) is 11.5 Å². The van der Waals surface area contributed by atoms with Gasteiger partial charge >= 0.3 is 5.63 Å². The maximum atomic E-state index is 12.2. The number of fused-ring (bicyclic) bond motifs is 2. The van der Waals surface area contributed by atoms with Crippen LogP contribution in [0.15, 0.2) is 33.5 Å². The van der Waals surface area contributed by atoms with Gasteiger partial charge in [0.25, 0.3) is 0 Å². The van der Waals surface area contributed by atoms with Crippen molar-refractivity contribution in [1.82, 2.24) is 4.90 Å². The lowest BCUT2D eigenvalue weighted by Gasteiger charge is -2.30. The molecule has 0 saturated carbocycles. The van der Waals surface area contributed by atoms with Crippen LogP contribution in [0.5, 0.6) is 17.2 Å². The molecule has 0 saturated heterocycles. The molecule has 1 aliphatic heterocycles. The van der Waals surface area contributed by atoms with Crippen molar-refractivity contribution in [2.45, 2.75) is 33.4 Å². The van der Waals surface area contributed by atoms with E-state index in [9.17, 15) is 9.90 Å². The Morgan fingerprint density at radius 2 is 1.76 bits per heavy atom. The third-order valence-corrected chi connectivity index (χ3v) is 5.88. The minimum atomic E-state index is -0.359. The van der Waals surface area contributed by atoms with Gasteiger partial charge in [0.1, 0.15) is 11.3 Å². The first kappa shape index (κ1) is 19.3. The minimum absolute atomic E-state index is 0.141. The van der Waals surface area contributed by atoms with E-state index in [-0.39, 0.29) is 11.4 Å². The lowest BCUT2D eigenvalue weighted by Crippen LogP contribution is -2.30. The topological polar surface area (TPSA) is 72.1 Å². The van der Waals surface area contributed by atoms with Crippen molar-refractivity contribution in [2.24, 2.45) is 0 Å². The molecule has 0 unspecified atom stereocenters. The number of methoxy groups -OCH3 is 2. The van der Waals surface area contributed by atoms with E-state index in [1.165, 1.54) is 11.1 Å². The number of aromatic hydroxyl groups is 1. The molecule has 2 heterocycles. The first-order valence-corrected chi connectivity index (χ1v) is 9.64. The van der Waals surface area contributed by atoms with Crippen LogP contribution >= 0.6 is 0 Å². The molecular weight excluding hydrogens is 370 g/mol. The van der Waals surface area contributed by atoms with E-state index in [4.69, 9.17) is 13.9 Å². The van der Waals surface area contributed by atoms with E-state index in [2.05, 4.69) is 4.90 Å². The molecule has 152 valence electrons. The summed E-state index contributed by atoms with van der Waals surface area (Å²) in [7, 11) is 3.27. The number of rotatable bonds is 4. The van der Waals surface area contributed by atoms with Gasteiger partial charge in [0, 0.05) is 30.6 Å². The predicted molar refractivity (Wildman–Crippen MR) is 111 cm³/mol. The van der Waals surface area contributed by atoms with Crippen molar-refractivity contribution < 1.29 is 19.0 Å². The summed E-state index contributed by atoms with van der Waals surface area (Å²) in [6, 6.07) is 7.53. The van der Waals surface area contributed by atoms with E-state index in [0.717, 1.165) is 29.7 Å². The van der Waals surface area contributed by atoms with E-state index >= 15 is 0 Å². The third kappa shape index (κ3) is 3.34. The Morgan fingerprint density at radius 3 is 2.45 bits per heavy atom. The summed E-state index contributed by atoms with van der Waals surface area (Å²) in [5.41, 5.74) is 4.65. The molecule has 0 aliphatic carbocycles. The van der Waals surface area contributed by atoms with E-state index in [0.29, 0.717) is 35.5 Å². The highest BCUT2D eigenvalue weighted by atomic mass is 16.5. The second-order valence-electron chi connectivity index (χ2n) is 7.52. The Kier molecular flexibility index (Phi) is 4.96. The number of phenolic OH excluding ortho intramolecular Hbond substituents is 1. The summed E-state index contributed by atoms with van der Waals surface area (Å²) in [6.07, 6.45) is 0.864. The van der Waals surface area contributed by atoms with Gasteiger partial charge in [-0.15, -0.1) is 0 Å². The van der Waals surface area contributed by atoms with Gasteiger partial charge in [-0.25, -0.2) is 4.79 Å². The van der Waals surface area contributed by atoms with Crippen molar-refractivity contribution in [3.63, 3.8) is 0 Å². The predicted octanol–water partition coefficient (Wildman–Crippen LogP) is 3.69. The van der Waals surface area contributed by atoms with E-state index in [1.807, 2.05) is 25.1 Å². The van der Waals surface area contributed by atoms with Crippen molar-refractivity contribution in [3.05, 3.63) is 62.5 Å². The highest BCUT2D eigenvalue weighted by molar-refractivity contribution is 5.85. The summed E-state index contributed by atoms with van der Waals surface area (Å²) >= 11 is 0. The number of nitrogens with zero attached hydrogens (tertiary/aromatic N) is 1. The molecule has 29 heavy (non-hydrogen) atoms. The number of aryl methyl sites for hydroxylation is 1. The van der Waals surface area contributed by atoms with Crippen LogP contribution in [0.2, 0.25) is 0 Å². The van der Waals surface area contributed by atoms with Crippen LogP contribution in [-0.4, -0.2) is 30.8 Å². The maximum Gasteiger partial charge on any atom is 0.339 e. The molecule has 0 spiro atoms. The maximum absolute atomic E-state index is 12.2. The van der Waals surface area contributed by atoms with Crippen molar-refractivity contribution in [3.8, 4) is 17.2 Å². The van der Waals surface area contributed by atoms with Crippen molar-refractivity contribution in [2.75, 3.05) is 20.8 Å². The molecule has 1 aromatic heterocycles. The molecule has 4 rings (SSSR count). The molecule has 2 aromatic carbocycles. The Bertz CT molecular complexity index is 1150. The lowest BCUT2D eigenvalue weighted by atomic mass is 9.97. The molecule has 0 amide bonds. The van der Waals surface area contributed by atoms with Gasteiger partial charge in [-0.3, -0.25) is 4.90 Å². The smallest absolute Gasteiger partial charge is 0.339 e. The SMILES string of the molecule is COc1cc2c(cc1OC)CN(Cc1c(O)ccc3c(C)c(C)c(=O)oc13)CC2. The average molecular weight is 395 g/mol. The second kappa shape index (κ2) is 7.44. The van der Waals surface area contributed by atoms with Crippen molar-refractivity contribution >= 4 is 11.0 Å². The van der Waals surface area contributed by atoms with Crippen LogP contribution in [0.3, 0.4) is 0 Å².